The molecule has 0 aliphatic rings. The predicted octanol–water partition coefficient (Wildman–Crippen LogP) is 3.07. The van der Waals surface area contributed by atoms with Crippen LogP contribution in [0.4, 0.5) is 0 Å². The highest BCUT2D eigenvalue weighted by Crippen LogP contribution is 2.31. The van der Waals surface area contributed by atoms with E-state index in [1.807, 2.05) is 32.9 Å². The van der Waals surface area contributed by atoms with Crippen LogP contribution in [0.15, 0.2) is 23.1 Å². The second-order valence-electron chi connectivity index (χ2n) is 4.23. The Kier molecular flexibility index (Phi) is 4.59. The molecule has 0 fully saturated rings. The molecule has 1 aromatic rings. The molecule has 17 heavy (non-hydrogen) atoms. The van der Waals surface area contributed by atoms with Crippen molar-refractivity contribution in [2.45, 2.75) is 30.9 Å². The second-order valence-corrected chi connectivity index (χ2v) is 5.42. The molecule has 0 amide bonds. The first-order valence-corrected chi connectivity index (χ1v) is 6.24. The van der Waals surface area contributed by atoms with Crippen molar-refractivity contribution in [3.8, 4) is 6.07 Å². The Balaban J connectivity index is 3.05. The van der Waals surface area contributed by atoms with E-state index in [1.165, 1.54) is 11.8 Å². The summed E-state index contributed by atoms with van der Waals surface area (Å²) in [4.78, 5) is 11.9. The van der Waals surface area contributed by atoms with Crippen molar-refractivity contribution in [1.82, 2.24) is 0 Å². The Labute approximate surface area is 105 Å². The normalized spacial score (nSPS) is 12.2. The van der Waals surface area contributed by atoms with E-state index in [9.17, 15) is 4.79 Å². The molecule has 0 spiro atoms. The van der Waals surface area contributed by atoms with Gasteiger partial charge in [-0.15, -0.1) is 11.8 Å². The third-order valence-electron chi connectivity index (χ3n) is 2.36. The van der Waals surface area contributed by atoms with Gasteiger partial charge in [-0.2, -0.15) is 5.26 Å². The smallest absolute Gasteiger partial charge is 0.317 e. The van der Waals surface area contributed by atoms with Crippen LogP contribution in [0.3, 0.4) is 0 Å². The number of hydrogen-bond acceptors (Lipinski definition) is 3. The van der Waals surface area contributed by atoms with Crippen LogP contribution >= 0.6 is 11.8 Å². The topological polar surface area (TPSA) is 61.1 Å². The van der Waals surface area contributed by atoms with E-state index in [2.05, 4.69) is 6.07 Å². The maximum atomic E-state index is 11.1. The van der Waals surface area contributed by atoms with Crippen LogP contribution < -0.4 is 0 Å². The first-order valence-electron chi connectivity index (χ1n) is 5.36. The highest BCUT2D eigenvalue weighted by molar-refractivity contribution is 8.00. The largest absolute Gasteiger partial charge is 0.480 e. The number of hydrogen-bond donors (Lipinski definition) is 1. The lowest BCUT2D eigenvalue weighted by atomic mass is 10.1. The molecule has 0 aliphatic heterocycles. The highest BCUT2D eigenvalue weighted by Gasteiger charge is 2.23. The molecule has 0 bridgehead atoms. The molecule has 90 valence electrons. The SMILES string of the molecule is Cc1ccc(C#N)c(SC(C(=O)O)C(C)C)c1. The molecule has 0 saturated carbocycles. The van der Waals surface area contributed by atoms with Gasteiger partial charge in [-0.3, -0.25) is 4.79 Å². The Morgan fingerprint density at radius 1 is 1.47 bits per heavy atom. The fraction of sp³-hybridized carbons (Fsp3) is 0.385. The minimum Gasteiger partial charge on any atom is -0.480 e. The molecule has 0 saturated heterocycles. The molecular formula is C13H15NO2S. The summed E-state index contributed by atoms with van der Waals surface area (Å²) in [6, 6.07) is 7.54. The van der Waals surface area contributed by atoms with Gasteiger partial charge in [-0.25, -0.2) is 0 Å². The van der Waals surface area contributed by atoms with Gasteiger partial charge in [-0.05, 0) is 30.5 Å². The molecule has 0 aromatic heterocycles. The Bertz CT molecular complexity index is 463. The van der Waals surface area contributed by atoms with Gasteiger partial charge >= 0.3 is 5.97 Å². The number of thioether (sulfide) groups is 1. The summed E-state index contributed by atoms with van der Waals surface area (Å²) >= 11 is 1.25. The highest BCUT2D eigenvalue weighted by atomic mass is 32.2. The molecule has 4 heteroatoms. The molecule has 0 aliphatic carbocycles. The summed E-state index contributed by atoms with van der Waals surface area (Å²) in [5.74, 6) is -0.819. The third kappa shape index (κ3) is 3.50. The summed E-state index contributed by atoms with van der Waals surface area (Å²) in [7, 11) is 0. The van der Waals surface area contributed by atoms with E-state index in [4.69, 9.17) is 10.4 Å². The number of carbonyl (C=O) groups is 1. The van der Waals surface area contributed by atoms with Crippen molar-refractivity contribution in [1.29, 1.82) is 5.26 Å². The molecule has 3 nitrogen and oxygen atoms in total. The molecule has 1 rings (SSSR count). The van der Waals surface area contributed by atoms with E-state index in [1.54, 1.807) is 6.07 Å². The van der Waals surface area contributed by atoms with Crippen LogP contribution in [0.2, 0.25) is 0 Å². The lowest BCUT2D eigenvalue weighted by Crippen LogP contribution is -2.22. The van der Waals surface area contributed by atoms with Crippen LogP contribution in [0.5, 0.6) is 0 Å². The molecule has 1 aromatic carbocycles. The van der Waals surface area contributed by atoms with E-state index in [0.717, 1.165) is 10.5 Å². The summed E-state index contributed by atoms with van der Waals surface area (Å²) in [6.07, 6.45) is 0. The molecule has 1 N–H and O–H groups in total. The molecule has 1 unspecified atom stereocenters. The van der Waals surface area contributed by atoms with Crippen molar-refractivity contribution in [2.75, 3.05) is 0 Å². The fourth-order valence-corrected chi connectivity index (χ4v) is 2.57. The second kappa shape index (κ2) is 5.74. The fourth-order valence-electron chi connectivity index (χ4n) is 1.43. The van der Waals surface area contributed by atoms with Crippen molar-refractivity contribution < 1.29 is 9.90 Å². The summed E-state index contributed by atoms with van der Waals surface area (Å²) in [6.45, 7) is 5.66. The third-order valence-corrected chi connectivity index (χ3v) is 3.95. The molecule has 0 heterocycles. The Morgan fingerprint density at radius 2 is 2.12 bits per heavy atom. The number of rotatable bonds is 4. The van der Waals surface area contributed by atoms with Gasteiger partial charge < -0.3 is 5.11 Å². The molecular weight excluding hydrogens is 234 g/mol. The van der Waals surface area contributed by atoms with Crippen molar-refractivity contribution in [2.24, 2.45) is 5.92 Å². The number of carboxylic acid groups (broad SMARTS) is 1. The molecule has 0 radical (unpaired) electrons. The number of aryl methyl sites for hydroxylation is 1. The Hall–Kier alpha value is -1.47. The lowest BCUT2D eigenvalue weighted by molar-refractivity contribution is -0.137. The predicted molar refractivity (Wildman–Crippen MR) is 68.0 cm³/mol. The zero-order valence-electron chi connectivity index (χ0n) is 10.1. The summed E-state index contributed by atoms with van der Waals surface area (Å²) in [5.41, 5.74) is 1.56. The number of nitriles is 1. The first kappa shape index (κ1) is 13.6. The van der Waals surface area contributed by atoms with Crippen LogP contribution in [-0.2, 0) is 4.79 Å². The van der Waals surface area contributed by atoms with Crippen molar-refractivity contribution >= 4 is 17.7 Å². The summed E-state index contributed by atoms with van der Waals surface area (Å²) < 4.78 is 0. The van der Waals surface area contributed by atoms with E-state index in [-0.39, 0.29) is 5.92 Å². The van der Waals surface area contributed by atoms with Crippen molar-refractivity contribution in [3.63, 3.8) is 0 Å². The van der Waals surface area contributed by atoms with Gasteiger partial charge in [-0.1, -0.05) is 19.9 Å². The Morgan fingerprint density at radius 3 is 2.59 bits per heavy atom. The van der Waals surface area contributed by atoms with E-state index in [0.29, 0.717) is 5.56 Å². The van der Waals surface area contributed by atoms with E-state index >= 15 is 0 Å². The van der Waals surface area contributed by atoms with Gasteiger partial charge in [0.25, 0.3) is 0 Å². The average Bonchev–Trinajstić information content (AvgIpc) is 2.25. The zero-order valence-corrected chi connectivity index (χ0v) is 10.9. The van der Waals surface area contributed by atoms with Gasteiger partial charge in [0.15, 0.2) is 0 Å². The molecule has 1 atom stereocenters. The van der Waals surface area contributed by atoms with Gasteiger partial charge in [0, 0.05) is 4.90 Å². The maximum absolute atomic E-state index is 11.1. The van der Waals surface area contributed by atoms with E-state index < -0.39 is 11.2 Å². The van der Waals surface area contributed by atoms with Gasteiger partial charge in [0.05, 0.1) is 5.56 Å². The lowest BCUT2D eigenvalue weighted by Gasteiger charge is -2.16. The van der Waals surface area contributed by atoms with Crippen LogP contribution in [-0.4, -0.2) is 16.3 Å². The quantitative estimate of drug-likeness (QED) is 0.833. The minimum absolute atomic E-state index is 0.0181. The number of nitrogens with zero attached hydrogens (tertiary/aromatic N) is 1. The van der Waals surface area contributed by atoms with Gasteiger partial charge in [0.1, 0.15) is 11.3 Å². The summed E-state index contributed by atoms with van der Waals surface area (Å²) in [5, 5.41) is 17.6. The maximum Gasteiger partial charge on any atom is 0.317 e. The number of carboxylic acids is 1. The average molecular weight is 249 g/mol. The van der Waals surface area contributed by atoms with Gasteiger partial charge in [0.2, 0.25) is 0 Å². The van der Waals surface area contributed by atoms with Crippen molar-refractivity contribution in [3.05, 3.63) is 29.3 Å². The zero-order chi connectivity index (χ0) is 13.0. The first-order chi connectivity index (χ1) is 7.95. The minimum atomic E-state index is -0.838. The monoisotopic (exact) mass is 249 g/mol. The van der Waals surface area contributed by atoms with Crippen LogP contribution in [0, 0.1) is 24.2 Å². The number of benzene rings is 1. The standard InChI is InChI=1S/C13H15NO2S/c1-8(2)12(13(15)16)17-11-6-9(3)4-5-10(11)7-14/h4-6,8,12H,1-3H3,(H,15,16). The van der Waals surface area contributed by atoms with Crippen LogP contribution in [0.1, 0.15) is 25.0 Å². The van der Waals surface area contributed by atoms with Crippen LogP contribution in [0.25, 0.3) is 0 Å². The number of aliphatic carboxylic acids is 1.